The molecule has 2 N–H and O–H groups in total. The molecule has 1 aromatic rings. The van der Waals surface area contributed by atoms with Crippen LogP contribution in [0.25, 0.3) is 0 Å². The van der Waals surface area contributed by atoms with Gasteiger partial charge in [-0.15, -0.1) is 24.0 Å². The van der Waals surface area contributed by atoms with Gasteiger partial charge in [-0.05, 0) is 36.3 Å². The van der Waals surface area contributed by atoms with E-state index in [1.807, 2.05) is 7.05 Å². The summed E-state index contributed by atoms with van der Waals surface area (Å²) in [6.45, 7) is 9.86. The number of halogens is 1. The zero-order valence-corrected chi connectivity index (χ0v) is 17.7. The van der Waals surface area contributed by atoms with E-state index in [-0.39, 0.29) is 24.0 Å². The minimum atomic E-state index is 0. The summed E-state index contributed by atoms with van der Waals surface area (Å²) in [5, 5.41) is 6.79. The molecule has 1 aromatic carbocycles. The minimum Gasteiger partial charge on any atom is -0.356 e. The van der Waals surface area contributed by atoms with Gasteiger partial charge >= 0.3 is 0 Å². The average Bonchev–Trinajstić information content (AvgIpc) is 2.56. The molecular formula is C19H33IN4. The number of guanidine groups is 1. The molecule has 0 unspecified atom stereocenters. The van der Waals surface area contributed by atoms with E-state index in [0.717, 1.165) is 44.5 Å². The number of hydrogen-bond donors (Lipinski definition) is 2. The summed E-state index contributed by atoms with van der Waals surface area (Å²) in [5.41, 5.74) is 3.02. The lowest BCUT2D eigenvalue weighted by molar-refractivity contribution is 0.251. The van der Waals surface area contributed by atoms with E-state index in [0.29, 0.717) is 0 Å². The number of hydrogen-bond acceptors (Lipinski definition) is 2. The Labute approximate surface area is 164 Å². The molecule has 0 spiro atoms. The first kappa shape index (κ1) is 21.2. The van der Waals surface area contributed by atoms with Crippen molar-refractivity contribution in [1.82, 2.24) is 15.5 Å². The molecule has 1 heterocycles. The minimum absolute atomic E-state index is 0. The lowest BCUT2D eigenvalue weighted by atomic mass is 10.00. The zero-order chi connectivity index (χ0) is 16.5. The summed E-state index contributed by atoms with van der Waals surface area (Å²) < 4.78 is 0. The Bertz CT molecular complexity index is 502. The number of nitrogens with one attached hydrogen (secondary N) is 2. The SMILES string of the molecule is CN=C(NCCCN1CCc2ccccc2C1)NCCC(C)C.I. The topological polar surface area (TPSA) is 39.7 Å². The molecule has 0 fully saturated rings. The second-order valence-electron chi connectivity index (χ2n) is 6.76. The van der Waals surface area contributed by atoms with Gasteiger partial charge in [0.25, 0.3) is 0 Å². The summed E-state index contributed by atoms with van der Waals surface area (Å²) in [6, 6.07) is 8.83. The first-order chi connectivity index (χ1) is 11.2. The van der Waals surface area contributed by atoms with Gasteiger partial charge in [0.1, 0.15) is 0 Å². The van der Waals surface area contributed by atoms with Crippen LogP contribution in [-0.2, 0) is 13.0 Å². The van der Waals surface area contributed by atoms with Gasteiger partial charge in [-0.25, -0.2) is 0 Å². The van der Waals surface area contributed by atoms with Crippen molar-refractivity contribution >= 4 is 29.9 Å². The third-order valence-electron chi connectivity index (χ3n) is 4.39. The van der Waals surface area contributed by atoms with E-state index in [1.165, 1.54) is 30.5 Å². The molecule has 0 saturated carbocycles. The molecule has 1 aliphatic heterocycles. The van der Waals surface area contributed by atoms with Crippen LogP contribution in [0.5, 0.6) is 0 Å². The van der Waals surface area contributed by atoms with Crippen LogP contribution >= 0.6 is 24.0 Å². The predicted molar refractivity (Wildman–Crippen MR) is 114 cm³/mol. The Kier molecular flexibility index (Phi) is 10.3. The highest BCUT2D eigenvalue weighted by Gasteiger charge is 2.14. The fraction of sp³-hybridized carbons (Fsp3) is 0.632. The third-order valence-corrected chi connectivity index (χ3v) is 4.39. The molecule has 0 amide bonds. The highest BCUT2D eigenvalue weighted by atomic mass is 127. The predicted octanol–water partition coefficient (Wildman–Crippen LogP) is 3.26. The summed E-state index contributed by atoms with van der Waals surface area (Å²) in [6.07, 6.45) is 3.50. The van der Waals surface area contributed by atoms with E-state index in [9.17, 15) is 0 Å². The van der Waals surface area contributed by atoms with Crippen LogP contribution in [-0.4, -0.2) is 44.1 Å². The second kappa shape index (κ2) is 11.7. The maximum Gasteiger partial charge on any atom is 0.190 e. The summed E-state index contributed by atoms with van der Waals surface area (Å²) in [4.78, 5) is 6.83. The Morgan fingerprint density at radius 2 is 1.88 bits per heavy atom. The summed E-state index contributed by atoms with van der Waals surface area (Å²) >= 11 is 0. The molecule has 136 valence electrons. The second-order valence-corrected chi connectivity index (χ2v) is 6.76. The number of fused-ring (bicyclic) bond motifs is 1. The van der Waals surface area contributed by atoms with E-state index in [1.54, 1.807) is 0 Å². The number of rotatable bonds is 7. The molecule has 0 aliphatic carbocycles. The number of aliphatic imine (C=N–C) groups is 1. The molecule has 2 rings (SSSR count). The van der Waals surface area contributed by atoms with Crippen LogP contribution < -0.4 is 10.6 Å². The molecule has 1 aliphatic rings. The Hall–Kier alpha value is -0.820. The average molecular weight is 444 g/mol. The molecular weight excluding hydrogens is 411 g/mol. The summed E-state index contributed by atoms with van der Waals surface area (Å²) in [7, 11) is 1.84. The lowest BCUT2D eigenvalue weighted by Gasteiger charge is -2.28. The molecule has 4 nitrogen and oxygen atoms in total. The van der Waals surface area contributed by atoms with Gasteiger partial charge in [0.05, 0.1) is 0 Å². The van der Waals surface area contributed by atoms with Crippen molar-refractivity contribution in [1.29, 1.82) is 0 Å². The standard InChI is InChI=1S/C19H32N4.HI/c1-16(2)9-12-22-19(20-3)21-11-6-13-23-14-10-17-7-4-5-8-18(17)15-23;/h4-5,7-8,16H,6,9-15H2,1-3H3,(H2,20,21,22);1H. The zero-order valence-electron chi connectivity index (χ0n) is 15.3. The van der Waals surface area contributed by atoms with Gasteiger partial charge < -0.3 is 10.6 Å². The van der Waals surface area contributed by atoms with Crippen molar-refractivity contribution in [3.63, 3.8) is 0 Å². The molecule has 0 atom stereocenters. The van der Waals surface area contributed by atoms with E-state index < -0.39 is 0 Å². The van der Waals surface area contributed by atoms with Crippen LogP contribution in [0.4, 0.5) is 0 Å². The lowest BCUT2D eigenvalue weighted by Crippen LogP contribution is -2.39. The van der Waals surface area contributed by atoms with E-state index in [4.69, 9.17) is 0 Å². The Morgan fingerprint density at radius 1 is 1.17 bits per heavy atom. The van der Waals surface area contributed by atoms with Gasteiger partial charge in [0.15, 0.2) is 5.96 Å². The number of nitrogens with zero attached hydrogens (tertiary/aromatic N) is 2. The third kappa shape index (κ3) is 7.38. The Balaban J connectivity index is 0.00000288. The van der Waals surface area contributed by atoms with Crippen molar-refractivity contribution < 1.29 is 0 Å². The monoisotopic (exact) mass is 444 g/mol. The maximum atomic E-state index is 4.28. The first-order valence-corrected chi connectivity index (χ1v) is 8.92. The van der Waals surface area contributed by atoms with Gasteiger partial charge in [-0.3, -0.25) is 9.89 Å². The van der Waals surface area contributed by atoms with Crippen molar-refractivity contribution in [3.8, 4) is 0 Å². The quantitative estimate of drug-likeness (QED) is 0.294. The highest BCUT2D eigenvalue weighted by Crippen LogP contribution is 2.18. The van der Waals surface area contributed by atoms with Gasteiger partial charge in [-0.2, -0.15) is 0 Å². The molecule has 5 heteroatoms. The maximum absolute atomic E-state index is 4.28. The van der Waals surface area contributed by atoms with Crippen molar-refractivity contribution in [3.05, 3.63) is 35.4 Å². The van der Waals surface area contributed by atoms with Crippen molar-refractivity contribution in [2.24, 2.45) is 10.9 Å². The van der Waals surface area contributed by atoms with Gasteiger partial charge in [0, 0.05) is 39.8 Å². The van der Waals surface area contributed by atoms with Gasteiger partial charge in [0.2, 0.25) is 0 Å². The molecule has 0 bridgehead atoms. The van der Waals surface area contributed by atoms with Crippen LogP contribution in [0, 0.1) is 5.92 Å². The fourth-order valence-corrected chi connectivity index (χ4v) is 2.95. The molecule has 0 aromatic heterocycles. The normalized spacial score (nSPS) is 14.9. The highest BCUT2D eigenvalue weighted by molar-refractivity contribution is 14.0. The van der Waals surface area contributed by atoms with Gasteiger partial charge in [-0.1, -0.05) is 38.1 Å². The number of benzene rings is 1. The van der Waals surface area contributed by atoms with Crippen LogP contribution in [0.1, 0.15) is 37.8 Å². The molecule has 0 radical (unpaired) electrons. The van der Waals surface area contributed by atoms with E-state index in [2.05, 4.69) is 58.6 Å². The van der Waals surface area contributed by atoms with Crippen molar-refractivity contribution in [2.45, 2.75) is 39.7 Å². The summed E-state index contributed by atoms with van der Waals surface area (Å²) in [5.74, 6) is 1.65. The molecule has 0 saturated heterocycles. The largest absolute Gasteiger partial charge is 0.356 e. The first-order valence-electron chi connectivity index (χ1n) is 8.92. The van der Waals surface area contributed by atoms with Crippen LogP contribution in [0.2, 0.25) is 0 Å². The smallest absolute Gasteiger partial charge is 0.190 e. The van der Waals surface area contributed by atoms with Crippen LogP contribution in [0.3, 0.4) is 0 Å². The van der Waals surface area contributed by atoms with Crippen LogP contribution in [0.15, 0.2) is 29.3 Å². The molecule has 24 heavy (non-hydrogen) atoms. The fourth-order valence-electron chi connectivity index (χ4n) is 2.95. The van der Waals surface area contributed by atoms with Crippen molar-refractivity contribution in [2.75, 3.05) is 33.2 Å². The Morgan fingerprint density at radius 3 is 2.58 bits per heavy atom. The van der Waals surface area contributed by atoms with E-state index >= 15 is 0 Å².